The largest absolute Gasteiger partial charge is 0.254 e. The fourth-order valence-corrected chi connectivity index (χ4v) is 5.32. The van der Waals surface area contributed by atoms with E-state index >= 15 is 0 Å². The first-order chi connectivity index (χ1) is 7.41. The summed E-state index contributed by atoms with van der Waals surface area (Å²) in [6.45, 7) is 7.61. The lowest BCUT2D eigenvalue weighted by Gasteiger charge is -2.23. The predicted octanol–water partition coefficient (Wildman–Crippen LogP) is 3.10. The van der Waals surface area contributed by atoms with Crippen molar-refractivity contribution in [2.45, 2.75) is 24.1 Å². The van der Waals surface area contributed by atoms with Gasteiger partial charge in [-0.25, -0.2) is 8.42 Å². The minimum absolute atomic E-state index is 0.0861. The maximum atomic E-state index is 12.3. The van der Waals surface area contributed by atoms with Gasteiger partial charge in [-0.1, -0.05) is 6.08 Å². The lowest BCUT2D eigenvalue weighted by atomic mass is 10.4. The monoisotopic (exact) mass is 323 g/mol. The summed E-state index contributed by atoms with van der Waals surface area (Å²) < 4.78 is 27.0. The molecule has 0 spiro atoms. The van der Waals surface area contributed by atoms with Crippen molar-refractivity contribution in [1.29, 1.82) is 0 Å². The molecule has 0 fully saturated rings. The van der Waals surface area contributed by atoms with Gasteiger partial charge in [0, 0.05) is 17.1 Å². The molecule has 6 heteroatoms. The third-order valence-electron chi connectivity index (χ3n) is 2.01. The van der Waals surface area contributed by atoms with Gasteiger partial charge < -0.3 is 0 Å². The molecule has 1 heterocycles. The van der Waals surface area contributed by atoms with Gasteiger partial charge >= 0.3 is 0 Å². The van der Waals surface area contributed by atoms with Crippen LogP contribution in [-0.4, -0.2) is 25.3 Å². The Kier molecular flexibility index (Phi) is 4.73. The predicted molar refractivity (Wildman–Crippen MR) is 71.2 cm³/mol. The average molecular weight is 324 g/mol. The summed E-state index contributed by atoms with van der Waals surface area (Å²) in [4.78, 5) is 0. The van der Waals surface area contributed by atoms with E-state index in [4.69, 9.17) is 0 Å². The first-order valence-corrected chi connectivity index (χ1v) is 7.88. The number of halogens is 1. The van der Waals surface area contributed by atoms with E-state index in [2.05, 4.69) is 22.5 Å². The van der Waals surface area contributed by atoms with Gasteiger partial charge in [-0.2, -0.15) is 4.31 Å². The molecule has 16 heavy (non-hydrogen) atoms. The van der Waals surface area contributed by atoms with Gasteiger partial charge in [0.05, 0.1) is 0 Å². The first kappa shape index (κ1) is 13.9. The zero-order valence-electron chi connectivity index (χ0n) is 9.18. The van der Waals surface area contributed by atoms with Crippen molar-refractivity contribution < 1.29 is 8.42 Å². The summed E-state index contributed by atoms with van der Waals surface area (Å²) in [5, 5.41) is 1.75. The molecule has 0 radical (unpaired) electrons. The van der Waals surface area contributed by atoms with Crippen LogP contribution in [0.4, 0.5) is 0 Å². The van der Waals surface area contributed by atoms with Crippen LogP contribution < -0.4 is 0 Å². The highest BCUT2D eigenvalue weighted by molar-refractivity contribution is 9.10. The fraction of sp³-hybridized carbons (Fsp3) is 0.400. The lowest BCUT2D eigenvalue weighted by Crippen LogP contribution is -2.36. The zero-order chi connectivity index (χ0) is 12.3. The average Bonchev–Trinajstić information content (AvgIpc) is 2.60. The Labute approximate surface area is 109 Å². The van der Waals surface area contributed by atoms with Crippen LogP contribution in [0.2, 0.25) is 0 Å². The van der Waals surface area contributed by atoms with Gasteiger partial charge in [-0.15, -0.1) is 17.9 Å². The Hall–Kier alpha value is -0.170. The van der Waals surface area contributed by atoms with Gasteiger partial charge in [0.25, 0.3) is 10.0 Å². The van der Waals surface area contributed by atoms with Crippen molar-refractivity contribution in [3.05, 3.63) is 28.6 Å². The molecule has 1 aromatic rings. The number of hydrogen-bond acceptors (Lipinski definition) is 3. The minimum atomic E-state index is -3.42. The molecule has 0 aliphatic carbocycles. The number of nitrogens with zero attached hydrogens (tertiary/aromatic N) is 1. The first-order valence-electron chi connectivity index (χ1n) is 4.77. The van der Waals surface area contributed by atoms with E-state index in [0.29, 0.717) is 15.2 Å². The molecule has 1 rings (SSSR count). The van der Waals surface area contributed by atoms with E-state index < -0.39 is 10.0 Å². The van der Waals surface area contributed by atoms with Crippen molar-refractivity contribution >= 4 is 37.3 Å². The molecule has 0 aliphatic rings. The summed E-state index contributed by atoms with van der Waals surface area (Å²) >= 11 is 4.47. The molecule has 3 nitrogen and oxygen atoms in total. The number of rotatable bonds is 5. The van der Waals surface area contributed by atoms with Gasteiger partial charge in [0.15, 0.2) is 0 Å². The van der Waals surface area contributed by atoms with Gasteiger partial charge in [0.2, 0.25) is 0 Å². The zero-order valence-corrected chi connectivity index (χ0v) is 12.4. The molecule has 0 atom stereocenters. The normalized spacial score (nSPS) is 12.3. The molecule has 1 aromatic heterocycles. The summed E-state index contributed by atoms with van der Waals surface area (Å²) in [5.41, 5.74) is 0. The molecule has 0 saturated carbocycles. The topological polar surface area (TPSA) is 37.4 Å². The molecule has 0 aromatic carbocycles. The van der Waals surface area contributed by atoms with Crippen LogP contribution >= 0.6 is 27.3 Å². The van der Waals surface area contributed by atoms with Crippen molar-refractivity contribution in [1.82, 2.24) is 4.31 Å². The highest BCUT2D eigenvalue weighted by Gasteiger charge is 2.28. The van der Waals surface area contributed by atoms with Crippen molar-refractivity contribution in [3.8, 4) is 0 Å². The summed E-state index contributed by atoms with van der Waals surface area (Å²) in [5.74, 6) is 0. The third kappa shape index (κ3) is 2.74. The molecule has 0 saturated heterocycles. The van der Waals surface area contributed by atoms with Gasteiger partial charge in [-0.3, -0.25) is 0 Å². The molecule has 0 amide bonds. The van der Waals surface area contributed by atoms with E-state index in [-0.39, 0.29) is 6.04 Å². The maximum absolute atomic E-state index is 12.3. The van der Waals surface area contributed by atoms with E-state index in [0.717, 1.165) is 0 Å². The highest BCUT2D eigenvalue weighted by Crippen LogP contribution is 2.31. The Balaban J connectivity index is 3.18. The highest BCUT2D eigenvalue weighted by atomic mass is 79.9. The summed E-state index contributed by atoms with van der Waals surface area (Å²) in [7, 11) is -3.42. The molecular formula is C10H14BrNO2S2. The van der Waals surface area contributed by atoms with Crippen LogP contribution in [0, 0.1) is 0 Å². The van der Waals surface area contributed by atoms with Crippen LogP contribution in [-0.2, 0) is 10.0 Å². The Morgan fingerprint density at radius 2 is 2.25 bits per heavy atom. The second-order valence-corrected chi connectivity index (χ2v) is 7.37. The molecule has 90 valence electrons. The van der Waals surface area contributed by atoms with Crippen LogP contribution in [0.3, 0.4) is 0 Å². The van der Waals surface area contributed by atoms with E-state index in [1.807, 2.05) is 13.8 Å². The Morgan fingerprint density at radius 1 is 1.62 bits per heavy atom. The lowest BCUT2D eigenvalue weighted by molar-refractivity contribution is 0.384. The minimum Gasteiger partial charge on any atom is -0.206 e. The Bertz CT molecular complexity index is 465. The molecule has 0 N–H and O–H groups in total. The van der Waals surface area contributed by atoms with Crippen LogP contribution in [0.25, 0.3) is 0 Å². The van der Waals surface area contributed by atoms with Crippen LogP contribution in [0.1, 0.15) is 13.8 Å². The summed E-state index contributed by atoms with van der Waals surface area (Å²) in [6.07, 6.45) is 1.60. The number of thiophene rings is 1. The standard InChI is InChI=1S/C10H14BrNO2S2/c1-4-6-12(8(2)3)16(13,14)10-9(11)5-7-15-10/h4-5,7-8H,1,6H2,2-3H3. The van der Waals surface area contributed by atoms with Crippen molar-refractivity contribution in [2.75, 3.05) is 6.54 Å². The second kappa shape index (κ2) is 5.44. The van der Waals surface area contributed by atoms with E-state index in [1.165, 1.54) is 15.6 Å². The molecule has 0 aliphatic heterocycles. The van der Waals surface area contributed by atoms with Gasteiger partial charge in [0.1, 0.15) is 4.21 Å². The maximum Gasteiger partial charge on any atom is 0.254 e. The van der Waals surface area contributed by atoms with Crippen LogP contribution in [0.5, 0.6) is 0 Å². The SMILES string of the molecule is C=CCN(C(C)C)S(=O)(=O)c1sccc1Br. The third-order valence-corrected chi connectivity index (χ3v) is 6.70. The molecular weight excluding hydrogens is 310 g/mol. The Morgan fingerprint density at radius 3 is 2.62 bits per heavy atom. The van der Waals surface area contributed by atoms with E-state index in [1.54, 1.807) is 17.5 Å². The quantitative estimate of drug-likeness (QED) is 0.781. The fourth-order valence-electron chi connectivity index (χ4n) is 1.28. The number of sulfonamides is 1. The number of hydrogen-bond donors (Lipinski definition) is 0. The smallest absolute Gasteiger partial charge is 0.206 e. The van der Waals surface area contributed by atoms with Crippen molar-refractivity contribution in [2.24, 2.45) is 0 Å². The van der Waals surface area contributed by atoms with Gasteiger partial charge in [-0.05, 0) is 41.2 Å². The van der Waals surface area contributed by atoms with Crippen LogP contribution in [0.15, 0.2) is 32.8 Å². The molecule has 0 bridgehead atoms. The molecule has 0 unspecified atom stereocenters. The second-order valence-electron chi connectivity index (χ2n) is 3.51. The van der Waals surface area contributed by atoms with Crippen molar-refractivity contribution in [3.63, 3.8) is 0 Å². The summed E-state index contributed by atoms with van der Waals surface area (Å²) in [6, 6.07) is 1.65. The van der Waals surface area contributed by atoms with E-state index in [9.17, 15) is 8.42 Å².